The Balaban J connectivity index is 2.12. The van der Waals surface area contributed by atoms with Crippen molar-refractivity contribution in [1.82, 2.24) is 9.97 Å². The van der Waals surface area contributed by atoms with E-state index in [9.17, 15) is 14.0 Å². The van der Waals surface area contributed by atoms with Crippen LogP contribution in [0.2, 0.25) is 0 Å². The van der Waals surface area contributed by atoms with Crippen LogP contribution in [0.3, 0.4) is 0 Å². The van der Waals surface area contributed by atoms with Gasteiger partial charge in [-0.05, 0) is 18.2 Å². The van der Waals surface area contributed by atoms with Crippen molar-refractivity contribution in [3.8, 4) is 6.07 Å². The minimum Gasteiger partial charge on any atom is -0.323 e. The van der Waals surface area contributed by atoms with Gasteiger partial charge in [0.1, 0.15) is 11.9 Å². The van der Waals surface area contributed by atoms with Crippen LogP contribution in [0.25, 0.3) is 0 Å². The first-order valence-electron chi connectivity index (χ1n) is 5.23. The van der Waals surface area contributed by atoms with Crippen molar-refractivity contribution in [2.24, 2.45) is 0 Å². The number of nitrogens with zero attached hydrogens (tertiary/aromatic N) is 1. The number of rotatable bonds is 3. The molecule has 0 fully saturated rings. The van der Waals surface area contributed by atoms with Crippen molar-refractivity contribution in [3.05, 3.63) is 62.2 Å². The molecule has 96 valence electrons. The third-order valence-corrected chi connectivity index (χ3v) is 3.36. The zero-order valence-electron chi connectivity index (χ0n) is 9.57. The molecule has 0 aliphatic heterocycles. The number of aromatic amines is 2. The second kappa shape index (κ2) is 5.54. The van der Waals surface area contributed by atoms with E-state index in [1.807, 2.05) is 0 Å². The first-order valence-corrected chi connectivity index (χ1v) is 6.22. The highest BCUT2D eigenvalue weighted by atomic mass is 32.2. The van der Waals surface area contributed by atoms with Crippen molar-refractivity contribution in [2.45, 2.75) is 10.6 Å². The Morgan fingerprint density at radius 2 is 2.11 bits per heavy atom. The molecule has 0 saturated heterocycles. The van der Waals surface area contributed by atoms with Gasteiger partial charge >= 0.3 is 11.1 Å². The SMILES string of the molecule is N#Cc1ccc(SCc2c[nH]c(=O)c(=O)[nH]2)cc1F. The van der Waals surface area contributed by atoms with E-state index in [2.05, 4.69) is 9.97 Å². The molecule has 7 heteroatoms. The number of nitriles is 1. The van der Waals surface area contributed by atoms with Crippen molar-refractivity contribution in [1.29, 1.82) is 5.26 Å². The number of benzene rings is 1. The topological polar surface area (TPSA) is 89.5 Å². The zero-order valence-corrected chi connectivity index (χ0v) is 10.4. The Morgan fingerprint density at radius 1 is 1.32 bits per heavy atom. The molecule has 0 saturated carbocycles. The lowest BCUT2D eigenvalue weighted by Crippen LogP contribution is -2.29. The average molecular weight is 277 g/mol. The molecule has 0 unspecified atom stereocenters. The first kappa shape index (κ1) is 13.1. The van der Waals surface area contributed by atoms with E-state index in [-0.39, 0.29) is 5.56 Å². The number of H-pyrrole nitrogens is 2. The highest BCUT2D eigenvalue weighted by molar-refractivity contribution is 7.98. The lowest BCUT2D eigenvalue weighted by atomic mass is 10.2. The zero-order chi connectivity index (χ0) is 13.8. The molecular formula is C12H8FN3O2S. The minimum absolute atomic E-state index is 0.0122. The van der Waals surface area contributed by atoms with E-state index < -0.39 is 16.9 Å². The summed E-state index contributed by atoms with van der Waals surface area (Å²) in [6.07, 6.45) is 1.40. The number of hydrogen-bond donors (Lipinski definition) is 2. The van der Waals surface area contributed by atoms with Crippen molar-refractivity contribution in [3.63, 3.8) is 0 Å². The minimum atomic E-state index is -0.718. The quantitative estimate of drug-likeness (QED) is 0.655. The number of thioether (sulfide) groups is 1. The maximum atomic E-state index is 13.4. The second-order valence-corrected chi connectivity index (χ2v) is 4.69. The van der Waals surface area contributed by atoms with Crippen LogP contribution >= 0.6 is 11.8 Å². The monoisotopic (exact) mass is 277 g/mol. The van der Waals surface area contributed by atoms with Gasteiger partial charge in [0.25, 0.3) is 0 Å². The molecule has 19 heavy (non-hydrogen) atoms. The van der Waals surface area contributed by atoms with Gasteiger partial charge in [0, 0.05) is 22.5 Å². The predicted molar refractivity (Wildman–Crippen MR) is 68.4 cm³/mol. The van der Waals surface area contributed by atoms with Crippen LogP contribution in [0, 0.1) is 17.1 Å². The molecule has 0 amide bonds. The molecule has 2 aromatic rings. The van der Waals surface area contributed by atoms with Gasteiger partial charge in [0.2, 0.25) is 0 Å². The molecule has 0 atom stereocenters. The molecule has 5 nitrogen and oxygen atoms in total. The van der Waals surface area contributed by atoms with Gasteiger partial charge in [-0.25, -0.2) is 4.39 Å². The largest absolute Gasteiger partial charge is 0.323 e. The fourth-order valence-corrected chi connectivity index (χ4v) is 2.20. The van der Waals surface area contributed by atoms with Crippen LogP contribution in [-0.2, 0) is 5.75 Å². The molecule has 2 rings (SSSR count). The third-order valence-electron chi connectivity index (χ3n) is 2.31. The summed E-state index contributed by atoms with van der Waals surface area (Å²) in [4.78, 5) is 27.3. The molecule has 0 bridgehead atoms. The van der Waals surface area contributed by atoms with Gasteiger partial charge in [0.15, 0.2) is 0 Å². The number of nitrogens with one attached hydrogen (secondary N) is 2. The van der Waals surface area contributed by atoms with Gasteiger partial charge in [-0.1, -0.05) is 0 Å². The summed E-state index contributed by atoms with van der Waals surface area (Å²) in [7, 11) is 0. The first-order chi connectivity index (χ1) is 9.10. The summed E-state index contributed by atoms with van der Waals surface area (Å²) in [6, 6.07) is 6.01. The van der Waals surface area contributed by atoms with Crippen molar-refractivity contribution < 1.29 is 4.39 Å². The molecule has 1 aromatic carbocycles. The van der Waals surface area contributed by atoms with Gasteiger partial charge in [-0.15, -0.1) is 11.8 Å². The lowest BCUT2D eigenvalue weighted by molar-refractivity contribution is 0.620. The molecule has 2 N–H and O–H groups in total. The summed E-state index contributed by atoms with van der Waals surface area (Å²) in [5.41, 5.74) is -0.913. The Labute approximate surface area is 111 Å². The fraction of sp³-hybridized carbons (Fsp3) is 0.0833. The number of hydrogen-bond acceptors (Lipinski definition) is 4. The molecule has 0 radical (unpaired) electrons. The molecule has 0 aliphatic rings. The standard InChI is InChI=1S/C12H8FN3O2S/c13-10-3-9(2-1-7(10)4-14)19-6-8-5-15-11(17)12(18)16-8/h1-3,5H,6H2,(H,15,17)(H,16,18). The summed E-state index contributed by atoms with van der Waals surface area (Å²) in [5.74, 6) is -0.209. The Hall–Kier alpha value is -2.33. The Kier molecular flexibility index (Phi) is 3.82. The van der Waals surface area contributed by atoms with Gasteiger partial charge in [0.05, 0.1) is 5.56 Å². The Morgan fingerprint density at radius 3 is 2.74 bits per heavy atom. The average Bonchev–Trinajstić information content (AvgIpc) is 2.40. The van der Waals surface area contributed by atoms with E-state index >= 15 is 0 Å². The maximum absolute atomic E-state index is 13.4. The van der Waals surface area contributed by atoms with E-state index in [4.69, 9.17) is 5.26 Å². The van der Waals surface area contributed by atoms with Crippen molar-refractivity contribution >= 4 is 11.8 Å². The fourth-order valence-electron chi connectivity index (χ4n) is 1.37. The van der Waals surface area contributed by atoms with Crippen LogP contribution in [0.4, 0.5) is 4.39 Å². The van der Waals surface area contributed by atoms with Crippen LogP contribution in [0.5, 0.6) is 0 Å². The Bertz CT molecular complexity index is 761. The molecular weight excluding hydrogens is 269 g/mol. The lowest BCUT2D eigenvalue weighted by Gasteiger charge is -2.02. The maximum Gasteiger partial charge on any atom is 0.313 e. The summed E-state index contributed by atoms with van der Waals surface area (Å²) < 4.78 is 13.4. The van der Waals surface area contributed by atoms with Gasteiger partial charge in [-0.2, -0.15) is 5.26 Å². The van der Waals surface area contributed by atoms with Gasteiger partial charge in [-0.3, -0.25) is 9.59 Å². The highest BCUT2D eigenvalue weighted by Crippen LogP contribution is 2.23. The van der Waals surface area contributed by atoms with Gasteiger partial charge < -0.3 is 9.97 Å². The second-order valence-electron chi connectivity index (χ2n) is 3.64. The summed E-state index contributed by atoms with van der Waals surface area (Å²) in [6.45, 7) is 0. The van der Waals surface area contributed by atoms with Crippen LogP contribution in [-0.4, -0.2) is 9.97 Å². The molecule has 1 heterocycles. The normalized spacial score (nSPS) is 10.1. The molecule has 1 aromatic heterocycles. The highest BCUT2D eigenvalue weighted by Gasteiger charge is 2.04. The van der Waals surface area contributed by atoms with E-state index in [0.29, 0.717) is 16.3 Å². The van der Waals surface area contributed by atoms with E-state index in [1.54, 1.807) is 12.1 Å². The molecule has 0 spiro atoms. The van der Waals surface area contributed by atoms with Crippen molar-refractivity contribution in [2.75, 3.05) is 0 Å². The molecule has 0 aliphatic carbocycles. The number of halogens is 1. The smallest absolute Gasteiger partial charge is 0.313 e. The third kappa shape index (κ3) is 3.11. The van der Waals surface area contributed by atoms with Crippen LogP contribution in [0.1, 0.15) is 11.3 Å². The van der Waals surface area contributed by atoms with Crippen LogP contribution in [0.15, 0.2) is 38.9 Å². The van der Waals surface area contributed by atoms with Crippen LogP contribution < -0.4 is 11.1 Å². The van der Waals surface area contributed by atoms with E-state index in [1.165, 1.54) is 30.1 Å². The van der Waals surface area contributed by atoms with E-state index in [0.717, 1.165) is 0 Å². The number of aromatic nitrogens is 2. The predicted octanol–water partition coefficient (Wildman–Crippen LogP) is 1.37. The summed E-state index contributed by atoms with van der Waals surface area (Å²) >= 11 is 1.28. The summed E-state index contributed by atoms with van der Waals surface area (Å²) in [5, 5.41) is 8.60.